The Kier molecular flexibility index (Phi) is 7.63. The molecule has 1 aromatic carbocycles. The van der Waals surface area contributed by atoms with E-state index in [0.29, 0.717) is 23.6 Å². The van der Waals surface area contributed by atoms with Gasteiger partial charge in [0.2, 0.25) is 0 Å². The van der Waals surface area contributed by atoms with E-state index in [1.807, 2.05) is 0 Å². The first-order valence-corrected chi connectivity index (χ1v) is 9.23. The molecule has 0 saturated heterocycles. The second kappa shape index (κ2) is 9.94. The van der Waals surface area contributed by atoms with Gasteiger partial charge in [-0.15, -0.1) is 0 Å². The number of nitrogens with one attached hydrogen (secondary N) is 1. The van der Waals surface area contributed by atoms with E-state index in [1.165, 1.54) is 37.0 Å². The second-order valence-corrected chi connectivity index (χ2v) is 7.03. The molecule has 1 aliphatic rings. The van der Waals surface area contributed by atoms with Gasteiger partial charge in [-0.3, -0.25) is 14.4 Å². The van der Waals surface area contributed by atoms with Gasteiger partial charge < -0.3 is 15.0 Å². The number of rotatable bonds is 7. The lowest BCUT2D eigenvalue weighted by atomic mass is 9.86. The minimum Gasteiger partial charge on any atom is -0.456 e. The summed E-state index contributed by atoms with van der Waals surface area (Å²) < 4.78 is 5.05. The molecule has 1 aliphatic carbocycles. The molecule has 0 atom stereocenters. The van der Waals surface area contributed by atoms with Crippen molar-refractivity contribution in [2.75, 3.05) is 26.0 Å². The van der Waals surface area contributed by atoms with Gasteiger partial charge in [0.05, 0.1) is 0 Å². The van der Waals surface area contributed by atoms with Crippen molar-refractivity contribution in [1.29, 1.82) is 0 Å². The first kappa shape index (κ1) is 19.9. The van der Waals surface area contributed by atoms with Gasteiger partial charge in [-0.1, -0.05) is 32.1 Å². The molecule has 6 nitrogen and oxygen atoms in total. The van der Waals surface area contributed by atoms with Crippen LogP contribution in [0.1, 0.15) is 55.3 Å². The average molecular weight is 360 g/mol. The lowest BCUT2D eigenvalue weighted by Gasteiger charge is -2.20. The van der Waals surface area contributed by atoms with E-state index in [4.69, 9.17) is 4.74 Å². The molecule has 0 radical (unpaired) electrons. The zero-order valence-corrected chi connectivity index (χ0v) is 15.6. The van der Waals surface area contributed by atoms with Crippen LogP contribution in [0.3, 0.4) is 0 Å². The molecule has 0 aromatic heterocycles. The Bertz CT molecular complexity index is 619. The Morgan fingerprint density at radius 1 is 1.08 bits per heavy atom. The molecular formula is C20H28N2O4. The lowest BCUT2D eigenvalue weighted by Crippen LogP contribution is -2.22. The summed E-state index contributed by atoms with van der Waals surface area (Å²) in [5, 5.41) is 2.66. The summed E-state index contributed by atoms with van der Waals surface area (Å²) in [5.41, 5.74) is 1.10. The molecule has 2 amide bonds. The molecule has 0 bridgehead atoms. The number of ether oxygens (including phenoxy) is 1. The Morgan fingerprint density at radius 2 is 1.73 bits per heavy atom. The molecule has 0 heterocycles. The Balaban J connectivity index is 1.69. The Morgan fingerprint density at radius 3 is 2.35 bits per heavy atom. The quantitative estimate of drug-likeness (QED) is 0.758. The van der Waals surface area contributed by atoms with Crippen molar-refractivity contribution in [1.82, 2.24) is 4.90 Å². The fourth-order valence-corrected chi connectivity index (χ4v) is 3.17. The third kappa shape index (κ3) is 6.50. The zero-order chi connectivity index (χ0) is 18.9. The first-order chi connectivity index (χ1) is 12.5. The van der Waals surface area contributed by atoms with Crippen LogP contribution in [0, 0.1) is 5.92 Å². The maximum atomic E-state index is 11.9. The number of esters is 1. The van der Waals surface area contributed by atoms with Crippen LogP contribution in [0.5, 0.6) is 0 Å². The summed E-state index contributed by atoms with van der Waals surface area (Å²) >= 11 is 0. The molecule has 2 rings (SSSR count). The predicted octanol–water partition coefficient (Wildman–Crippen LogP) is 3.23. The molecule has 0 aliphatic heterocycles. The number of carbonyl (C=O) groups is 3. The standard InChI is InChI=1S/C20H28N2O4/c1-22(2)20(25)16-9-11-17(12-10-16)21-18(23)14-26-19(24)13-8-15-6-4-3-5-7-15/h9-12,15H,3-8,13-14H2,1-2H3,(H,21,23). The van der Waals surface area contributed by atoms with Crippen molar-refractivity contribution in [2.45, 2.75) is 44.9 Å². The molecule has 26 heavy (non-hydrogen) atoms. The highest BCUT2D eigenvalue weighted by atomic mass is 16.5. The van der Waals surface area contributed by atoms with Gasteiger partial charge in [-0.2, -0.15) is 0 Å². The number of hydrogen-bond acceptors (Lipinski definition) is 4. The van der Waals surface area contributed by atoms with Crippen molar-refractivity contribution in [3.63, 3.8) is 0 Å². The SMILES string of the molecule is CN(C)C(=O)c1ccc(NC(=O)COC(=O)CCC2CCCCC2)cc1. The van der Waals surface area contributed by atoms with Crippen molar-refractivity contribution in [2.24, 2.45) is 5.92 Å². The van der Waals surface area contributed by atoms with E-state index in [1.54, 1.807) is 38.4 Å². The maximum absolute atomic E-state index is 11.9. The molecule has 1 aromatic rings. The number of hydrogen-bond donors (Lipinski definition) is 1. The highest BCUT2D eigenvalue weighted by Gasteiger charge is 2.16. The third-order valence-electron chi connectivity index (χ3n) is 4.67. The summed E-state index contributed by atoms with van der Waals surface area (Å²) in [7, 11) is 3.36. The van der Waals surface area contributed by atoms with Gasteiger partial charge >= 0.3 is 5.97 Å². The van der Waals surface area contributed by atoms with Crippen LogP contribution < -0.4 is 5.32 Å². The van der Waals surface area contributed by atoms with Crippen molar-refractivity contribution >= 4 is 23.5 Å². The van der Waals surface area contributed by atoms with Crippen LogP contribution in [-0.2, 0) is 14.3 Å². The number of carbonyl (C=O) groups excluding carboxylic acids is 3. The van der Waals surface area contributed by atoms with E-state index < -0.39 is 0 Å². The molecule has 6 heteroatoms. The van der Waals surface area contributed by atoms with Gasteiger partial charge in [0.1, 0.15) is 0 Å². The second-order valence-electron chi connectivity index (χ2n) is 7.03. The number of benzene rings is 1. The minimum atomic E-state index is -0.386. The van der Waals surface area contributed by atoms with Crippen LogP contribution in [-0.4, -0.2) is 43.4 Å². The highest BCUT2D eigenvalue weighted by molar-refractivity contribution is 5.96. The van der Waals surface area contributed by atoms with Crippen LogP contribution in [0.15, 0.2) is 24.3 Å². The summed E-state index contributed by atoms with van der Waals surface area (Å²) in [6.45, 7) is -0.290. The van der Waals surface area contributed by atoms with E-state index in [-0.39, 0.29) is 24.4 Å². The first-order valence-electron chi connectivity index (χ1n) is 9.23. The van der Waals surface area contributed by atoms with Gasteiger partial charge in [-0.25, -0.2) is 0 Å². The third-order valence-corrected chi connectivity index (χ3v) is 4.67. The fraction of sp³-hybridized carbons (Fsp3) is 0.550. The number of amides is 2. The Hall–Kier alpha value is -2.37. The van der Waals surface area contributed by atoms with Gasteiger partial charge in [0.15, 0.2) is 6.61 Å². The van der Waals surface area contributed by atoms with E-state index >= 15 is 0 Å². The van der Waals surface area contributed by atoms with Gasteiger partial charge in [0, 0.05) is 31.8 Å². The van der Waals surface area contributed by atoms with E-state index in [2.05, 4.69) is 5.32 Å². The van der Waals surface area contributed by atoms with E-state index in [9.17, 15) is 14.4 Å². The molecular weight excluding hydrogens is 332 g/mol. The molecule has 0 spiro atoms. The molecule has 142 valence electrons. The minimum absolute atomic E-state index is 0.102. The largest absolute Gasteiger partial charge is 0.456 e. The summed E-state index contributed by atoms with van der Waals surface area (Å²) in [6, 6.07) is 6.60. The fourth-order valence-electron chi connectivity index (χ4n) is 3.17. The number of nitrogens with zero attached hydrogens (tertiary/aromatic N) is 1. The van der Waals surface area contributed by atoms with Crippen molar-refractivity contribution < 1.29 is 19.1 Å². The van der Waals surface area contributed by atoms with Crippen LogP contribution >= 0.6 is 0 Å². The van der Waals surface area contributed by atoms with Crippen molar-refractivity contribution in [3.05, 3.63) is 29.8 Å². The van der Waals surface area contributed by atoms with Crippen LogP contribution in [0.25, 0.3) is 0 Å². The van der Waals surface area contributed by atoms with E-state index in [0.717, 1.165) is 6.42 Å². The average Bonchev–Trinajstić information content (AvgIpc) is 2.65. The normalized spacial score (nSPS) is 14.5. The summed E-state index contributed by atoms with van der Waals surface area (Å²) in [6.07, 6.45) is 7.41. The monoisotopic (exact) mass is 360 g/mol. The molecule has 1 saturated carbocycles. The molecule has 1 fully saturated rings. The van der Waals surface area contributed by atoms with Crippen LogP contribution in [0.2, 0.25) is 0 Å². The zero-order valence-electron chi connectivity index (χ0n) is 15.6. The van der Waals surface area contributed by atoms with Crippen LogP contribution in [0.4, 0.5) is 5.69 Å². The lowest BCUT2D eigenvalue weighted by molar-refractivity contribution is -0.147. The summed E-state index contributed by atoms with van der Waals surface area (Å²) in [4.78, 5) is 37.0. The topological polar surface area (TPSA) is 75.7 Å². The predicted molar refractivity (Wildman–Crippen MR) is 99.9 cm³/mol. The van der Waals surface area contributed by atoms with Gasteiger partial charge in [-0.05, 0) is 36.6 Å². The van der Waals surface area contributed by atoms with Crippen molar-refractivity contribution in [3.8, 4) is 0 Å². The number of anilines is 1. The maximum Gasteiger partial charge on any atom is 0.306 e. The van der Waals surface area contributed by atoms with Gasteiger partial charge in [0.25, 0.3) is 11.8 Å². The summed E-state index contributed by atoms with van der Waals surface area (Å²) in [5.74, 6) is -0.191. The molecule has 0 unspecified atom stereocenters. The molecule has 1 N–H and O–H groups in total. The highest BCUT2D eigenvalue weighted by Crippen LogP contribution is 2.27. The Labute approximate surface area is 154 Å². The smallest absolute Gasteiger partial charge is 0.306 e.